The van der Waals surface area contributed by atoms with Gasteiger partial charge in [0, 0.05) is 0 Å². The van der Waals surface area contributed by atoms with Crippen LogP contribution in [-0.2, 0) is 9.53 Å². The van der Waals surface area contributed by atoms with Crippen LogP contribution in [0.3, 0.4) is 0 Å². The molecule has 0 saturated carbocycles. The van der Waals surface area contributed by atoms with Crippen LogP contribution in [0.5, 0.6) is 0 Å². The van der Waals surface area contributed by atoms with Crippen LogP contribution in [0.25, 0.3) is 0 Å². The molecule has 0 aromatic rings. The Hall–Kier alpha value is -0.690. The molecular formula is C16H32O6. The predicted molar refractivity (Wildman–Crippen MR) is 83.4 cm³/mol. The van der Waals surface area contributed by atoms with Crippen molar-refractivity contribution in [2.75, 3.05) is 6.79 Å². The second-order valence-corrected chi connectivity index (χ2v) is 7.18. The Morgan fingerprint density at radius 3 is 1.82 bits per heavy atom. The number of carboxylic acid groups (broad SMARTS) is 1. The molecule has 0 radical (unpaired) electrons. The monoisotopic (exact) mass is 320 g/mol. The maximum Gasteiger partial charge on any atom is 0.309 e. The van der Waals surface area contributed by atoms with Crippen molar-refractivity contribution >= 4 is 5.97 Å². The molecule has 2 unspecified atom stereocenters. The van der Waals surface area contributed by atoms with Crippen LogP contribution >= 0.6 is 0 Å². The molecule has 0 aromatic carbocycles. The molecule has 0 bridgehead atoms. The fourth-order valence-corrected chi connectivity index (χ4v) is 2.07. The van der Waals surface area contributed by atoms with E-state index in [1.165, 1.54) is 0 Å². The molecule has 22 heavy (non-hydrogen) atoms. The van der Waals surface area contributed by atoms with Gasteiger partial charge in [0.05, 0.1) is 23.2 Å². The molecule has 0 saturated heterocycles. The van der Waals surface area contributed by atoms with E-state index in [4.69, 9.17) is 14.9 Å². The molecule has 0 rings (SSSR count). The molecule has 4 N–H and O–H groups in total. The normalized spacial score (nSPS) is 15.6. The third-order valence-electron chi connectivity index (χ3n) is 4.05. The summed E-state index contributed by atoms with van der Waals surface area (Å²) in [5.74, 6) is -0.870. The number of carbonyl (C=O) groups is 1. The zero-order valence-electron chi connectivity index (χ0n) is 14.2. The number of rotatable bonds is 12. The summed E-state index contributed by atoms with van der Waals surface area (Å²) in [6, 6.07) is 0. The topological polar surface area (TPSA) is 107 Å². The van der Waals surface area contributed by atoms with Gasteiger partial charge in [-0.2, -0.15) is 0 Å². The van der Waals surface area contributed by atoms with Gasteiger partial charge >= 0.3 is 5.97 Å². The molecule has 6 heteroatoms. The summed E-state index contributed by atoms with van der Waals surface area (Å²) in [7, 11) is 0. The van der Waals surface area contributed by atoms with Gasteiger partial charge in [0.15, 0.2) is 0 Å². The zero-order chi connectivity index (χ0) is 17.4. The standard InChI is InChI=1S/C16H32O6/c1-15(2,14(20)21)9-7-12(18)5-6-13(19)8-10-16(3,4)22-11-17/h12-13,17-19H,5-11H2,1-4H3,(H,20,21). The van der Waals surface area contributed by atoms with Gasteiger partial charge in [-0.15, -0.1) is 0 Å². The van der Waals surface area contributed by atoms with Crippen LogP contribution in [0.1, 0.15) is 66.2 Å². The number of hydrogen-bond donors (Lipinski definition) is 4. The van der Waals surface area contributed by atoms with Gasteiger partial charge < -0.3 is 25.2 Å². The van der Waals surface area contributed by atoms with E-state index in [9.17, 15) is 15.0 Å². The van der Waals surface area contributed by atoms with E-state index in [-0.39, 0.29) is 6.79 Å². The lowest BCUT2D eigenvalue weighted by Gasteiger charge is -2.25. The summed E-state index contributed by atoms with van der Waals surface area (Å²) in [6.07, 6.45) is 1.71. The lowest BCUT2D eigenvalue weighted by atomic mass is 9.86. The maximum atomic E-state index is 11.0. The summed E-state index contributed by atoms with van der Waals surface area (Å²) >= 11 is 0. The molecule has 0 aliphatic rings. The van der Waals surface area contributed by atoms with Crippen molar-refractivity contribution in [2.45, 2.75) is 84.0 Å². The highest BCUT2D eigenvalue weighted by atomic mass is 16.6. The van der Waals surface area contributed by atoms with E-state index < -0.39 is 29.2 Å². The third kappa shape index (κ3) is 9.35. The minimum atomic E-state index is -0.870. The zero-order valence-corrected chi connectivity index (χ0v) is 14.2. The molecule has 0 fully saturated rings. The minimum absolute atomic E-state index is 0.346. The number of aliphatic hydroxyl groups excluding tert-OH is 3. The van der Waals surface area contributed by atoms with Crippen LogP contribution in [0.2, 0.25) is 0 Å². The van der Waals surface area contributed by atoms with Crippen molar-refractivity contribution in [3.8, 4) is 0 Å². The molecule has 6 nitrogen and oxygen atoms in total. The van der Waals surface area contributed by atoms with E-state index in [2.05, 4.69) is 0 Å². The molecule has 132 valence electrons. The average Bonchev–Trinajstić information content (AvgIpc) is 2.40. The molecule has 0 heterocycles. The van der Waals surface area contributed by atoms with Gasteiger partial charge in [-0.3, -0.25) is 4.79 Å². The highest BCUT2D eigenvalue weighted by molar-refractivity contribution is 5.73. The van der Waals surface area contributed by atoms with E-state index >= 15 is 0 Å². The highest BCUT2D eigenvalue weighted by Gasteiger charge is 2.27. The molecule has 0 aliphatic heterocycles. The quantitative estimate of drug-likeness (QED) is 0.409. The summed E-state index contributed by atoms with van der Waals surface area (Å²) in [5.41, 5.74) is -1.33. The van der Waals surface area contributed by atoms with E-state index in [1.807, 2.05) is 13.8 Å². The van der Waals surface area contributed by atoms with Crippen molar-refractivity contribution in [3.05, 3.63) is 0 Å². The van der Waals surface area contributed by atoms with Crippen molar-refractivity contribution in [3.63, 3.8) is 0 Å². The summed E-state index contributed by atoms with van der Waals surface area (Å²) in [4.78, 5) is 11.0. The molecule has 0 spiro atoms. The van der Waals surface area contributed by atoms with Crippen LogP contribution in [0.4, 0.5) is 0 Å². The van der Waals surface area contributed by atoms with Gasteiger partial charge in [-0.1, -0.05) is 0 Å². The molecule has 2 atom stereocenters. The van der Waals surface area contributed by atoms with Crippen molar-refractivity contribution in [1.82, 2.24) is 0 Å². The van der Waals surface area contributed by atoms with Crippen molar-refractivity contribution in [2.24, 2.45) is 5.41 Å². The Labute approximate surface area is 133 Å². The Kier molecular flexibility index (Phi) is 9.15. The second kappa shape index (κ2) is 9.45. The first kappa shape index (κ1) is 21.3. The number of ether oxygens (including phenoxy) is 1. The second-order valence-electron chi connectivity index (χ2n) is 7.18. The Balaban J connectivity index is 3.95. The summed E-state index contributed by atoms with van der Waals surface area (Å²) in [6.45, 7) is 6.62. The lowest BCUT2D eigenvalue weighted by Crippen LogP contribution is -2.27. The van der Waals surface area contributed by atoms with Crippen molar-refractivity contribution in [1.29, 1.82) is 0 Å². The number of aliphatic hydroxyl groups is 3. The summed E-state index contributed by atoms with van der Waals surface area (Å²) in [5, 5.41) is 37.6. The number of carboxylic acids is 1. The first-order valence-corrected chi connectivity index (χ1v) is 7.84. The van der Waals surface area contributed by atoms with Crippen LogP contribution in [0, 0.1) is 5.41 Å². The van der Waals surface area contributed by atoms with Crippen molar-refractivity contribution < 1.29 is 30.0 Å². The molecule has 0 aromatic heterocycles. The molecular weight excluding hydrogens is 288 g/mol. The predicted octanol–water partition coefficient (Wildman–Crippen LogP) is 1.90. The summed E-state index contributed by atoms with van der Waals surface area (Å²) < 4.78 is 5.14. The first-order valence-electron chi connectivity index (χ1n) is 7.84. The number of aliphatic carboxylic acids is 1. The Bertz CT molecular complexity index is 327. The Morgan fingerprint density at radius 2 is 1.41 bits per heavy atom. The van der Waals surface area contributed by atoms with Gasteiger partial charge in [-0.05, 0) is 66.2 Å². The SMILES string of the molecule is CC(C)(CCC(O)CCC(O)CCC(C)(C)C(=O)O)OCO. The lowest BCUT2D eigenvalue weighted by molar-refractivity contribution is -0.147. The number of hydrogen-bond acceptors (Lipinski definition) is 5. The smallest absolute Gasteiger partial charge is 0.309 e. The van der Waals surface area contributed by atoms with Gasteiger partial charge in [0.25, 0.3) is 0 Å². The first-order chi connectivity index (χ1) is 10.00. The van der Waals surface area contributed by atoms with E-state index in [0.717, 1.165) is 0 Å². The van der Waals surface area contributed by atoms with E-state index in [0.29, 0.717) is 38.5 Å². The largest absolute Gasteiger partial charge is 0.481 e. The highest BCUT2D eigenvalue weighted by Crippen LogP contribution is 2.25. The van der Waals surface area contributed by atoms with Gasteiger partial charge in [-0.25, -0.2) is 0 Å². The average molecular weight is 320 g/mol. The molecule has 0 aliphatic carbocycles. The Morgan fingerprint density at radius 1 is 0.955 bits per heavy atom. The maximum absolute atomic E-state index is 11.0. The van der Waals surface area contributed by atoms with Crippen LogP contribution < -0.4 is 0 Å². The van der Waals surface area contributed by atoms with Crippen LogP contribution in [-0.4, -0.2) is 51.0 Å². The fourth-order valence-electron chi connectivity index (χ4n) is 2.07. The molecule has 0 amide bonds. The van der Waals surface area contributed by atoms with Gasteiger partial charge in [0.1, 0.15) is 6.79 Å². The minimum Gasteiger partial charge on any atom is -0.481 e. The fraction of sp³-hybridized carbons (Fsp3) is 0.938. The third-order valence-corrected chi connectivity index (χ3v) is 4.05. The van der Waals surface area contributed by atoms with Crippen LogP contribution in [0.15, 0.2) is 0 Å². The van der Waals surface area contributed by atoms with Gasteiger partial charge in [0.2, 0.25) is 0 Å². The van der Waals surface area contributed by atoms with E-state index in [1.54, 1.807) is 13.8 Å².